The smallest absolute Gasteiger partial charge is 0.136 e. The predicted octanol–water partition coefficient (Wildman–Crippen LogP) is 4.72. The molecule has 2 heterocycles. The van der Waals surface area contributed by atoms with Gasteiger partial charge in [0.25, 0.3) is 0 Å². The van der Waals surface area contributed by atoms with E-state index in [9.17, 15) is 0 Å². The van der Waals surface area contributed by atoms with E-state index in [2.05, 4.69) is 41.5 Å². The van der Waals surface area contributed by atoms with Crippen molar-refractivity contribution in [2.75, 3.05) is 5.32 Å². The highest BCUT2D eigenvalue weighted by molar-refractivity contribution is 7.20. The van der Waals surface area contributed by atoms with E-state index in [-0.39, 0.29) is 18.0 Å². The first-order valence-corrected chi connectivity index (χ1v) is 8.49. The first-order chi connectivity index (χ1) is 10.7. The van der Waals surface area contributed by atoms with Gasteiger partial charge in [0.2, 0.25) is 0 Å². The van der Waals surface area contributed by atoms with Gasteiger partial charge in [0.15, 0.2) is 0 Å². The third kappa shape index (κ3) is 2.02. The van der Waals surface area contributed by atoms with E-state index < -0.39 is 0 Å². The number of halogens is 1. The number of fused-ring (bicyclic) bond motifs is 3. The monoisotopic (exact) mass is 329 g/mol. The molecular formula is C17H16ClN3S. The Morgan fingerprint density at radius 2 is 2.23 bits per heavy atom. The van der Waals surface area contributed by atoms with Crippen molar-refractivity contribution in [1.82, 2.24) is 0 Å². The standard InChI is InChI=1S/C17H16ClN3S/c1-9-10(4-2-6-12(9)18)11-5-3-7-13-14(11)15-16(22-13)17(19)21-8-20-15/h2-10,17H,19H2,1H3,(H,20,21). The Hall–Kier alpha value is -1.62. The molecule has 3 unspecified atom stereocenters. The molecule has 1 aromatic carbocycles. The second-order valence-corrected chi connectivity index (χ2v) is 7.20. The van der Waals surface area contributed by atoms with Gasteiger partial charge in [-0.3, -0.25) is 4.99 Å². The first kappa shape index (κ1) is 14.0. The molecule has 0 bridgehead atoms. The lowest BCUT2D eigenvalue weighted by Gasteiger charge is -2.25. The van der Waals surface area contributed by atoms with E-state index >= 15 is 0 Å². The van der Waals surface area contributed by atoms with Crippen molar-refractivity contribution in [1.29, 1.82) is 0 Å². The zero-order valence-corrected chi connectivity index (χ0v) is 13.7. The van der Waals surface area contributed by atoms with E-state index in [0.29, 0.717) is 0 Å². The van der Waals surface area contributed by atoms with E-state index in [0.717, 1.165) is 15.6 Å². The van der Waals surface area contributed by atoms with Gasteiger partial charge in [-0.15, -0.1) is 11.3 Å². The molecule has 3 nitrogen and oxygen atoms in total. The normalized spacial score (nSPS) is 26.7. The zero-order chi connectivity index (χ0) is 15.3. The minimum Gasteiger partial charge on any atom is -0.345 e. The first-order valence-electron chi connectivity index (χ1n) is 7.30. The summed E-state index contributed by atoms with van der Waals surface area (Å²) in [6, 6.07) is 6.44. The van der Waals surface area contributed by atoms with Crippen LogP contribution in [0, 0.1) is 5.92 Å². The Morgan fingerprint density at radius 1 is 1.36 bits per heavy atom. The number of thiophene rings is 1. The molecule has 0 fully saturated rings. The Kier molecular flexibility index (Phi) is 3.33. The largest absolute Gasteiger partial charge is 0.345 e. The van der Waals surface area contributed by atoms with E-state index in [1.807, 2.05) is 12.2 Å². The molecule has 22 heavy (non-hydrogen) atoms. The summed E-state index contributed by atoms with van der Waals surface area (Å²) in [5.41, 5.74) is 8.51. The summed E-state index contributed by atoms with van der Waals surface area (Å²) in [5, 5.41) is 5.44. The van der Waals surface area contributed by atoms with Gasteiger partial charge in [-0.1, -0.05) is 42.8 Å². The van der Waals surface area contributed by atoms with Crippen LogP contribution in [0.1, 0.15) is 29.4 Å². The maximum Gasteiger partial charge on any atom is 0.136 e. The van der Waals surface area contributed by atoms with E-state index in [4.69, 9.17) is 17.3 Å². The molecule has 0 spiro atoms. The van der Waals surface area contributed by atoms with Gasteiger partial charge in [0, 0.05) is 27.0 Å². The second kappa shape index (κ2) is 5.23. The van der Waals surface area contributed by atoms with Gasteiger partial charge in [-0.05, 0) is 17.7 Å². The van der Waals surface area contributed by atoms with E-state index in [1.54, 1.807) is 17.7 Å². The lowest BCUT2D eigenvalue weighted by Crippen LogP contribution is -2.15. The van der Waals surface area contributed by atoms with Crippen LogP contribution >= 0.6 is 22.9 Å². The summed E-state index contributed by atoms with van der Waals surface area (Å²) in [5.74, 6) is 0.551. The highest BCUT2D eigenvalue weighted by Gasteiger charge is 2.27. The van der Waals surface area contributed by atoms with Crippen LogP contribution in [-0.2, 0) is 0 Å². The van der Waals surface area contributed by atoms with Gasteiger partial charge >= 0.3 is 0 Å². The van der Waals surface area contributed by atoms with Crippen LogP contribution < -0.4 is 11.1 Å². The van der Waals surface area contributed by atoms with Crippen molar-refractivity contribution < 1.29 is 0 Å². The molecule has 0 saturated heterocycles. The zero-order valence-electron chi connectivity index (χ0n) is 12.1. The van der Waals surface area contributed by atoms with Crippen molar-refractivity contribution in [2.24, 2.45) is 16.6 Å². The molecule has 5 heteroatoms. The fourth-order valence-electron chi connectivity index (χ4n) is 3.20. The Labute approximate surface area is 138 Å². The number of nitrogens with two attached hydrogens (primary N) is 1. The Balaban J connectivity index is 1.93. The minimum atomic E-state index is -0.274. The van der Waals surface area contributed by atoms with Crippen molar-refractivity contribution in [2.45, 2.75) is 19.0 Å². The second-order valence-electron chi connectivity index (χ2n) is 5.68. The molecule has 3 N–H and O–H groups in total. The molecular weight excluding hydrogens is 314 g/mol. The van der Waals surface area contributed by atoms with Crippen LogP contribution in [0.3, 0.4) is 0 Å². The van der Waals surface area contributed by atoms with Crippen LogP contribution in [0.25, 0.3) is 10.1 Å². The molecule has 3 atom stereocenters. The third-order valence-corrected chi connectivity index (χ3v) is 6.09. The number of allylic oxidation sites excluding steroid dienone is 4. The van der Waals surface area contributed by atoms with Crippen LogP contribution in [0.5, 0.6) is 0 Å². The van der Waals surface area contributed by atoms with E-state index in [1.165, 1.54) is 15.6 Å². The summed E-state index contributed by atoms with van der Waals surface area (Å²) in [7, 11) is 0. The number of hydrogen-bond acceptors (Lipinski definition) is 4. The number of benzene rings is 1. The molecule has 0 saturated carbocycles. The van der Waals surface area contributed by atoms with Gasteiger partial charge < -0.3 is 11.1 Å². The predicted molar refractivity (Wildman–Crippen MR) is 95.8 cm³/mol. The van der Waals surface area contributed by atoms with Gasteiger partial charge in [-0.2, -0.15) is 0 Å². The molecule has 1 aliphatic carbocycles. The average molecular weight is 330 g/mol. The topological polar surface area (TPSA) is 50.4 Å². The number of aliphatic imine (C=N–C) groups is 1. The number of anilines is 1. The maximum absolute atomic E-state index is 6.36. The fourth-order valence-corrected chi connectivity index (χ4v) is 4.56. The van der Waals surface area contributed by atoms with Crippen molar-refractivity contribution in [3.05, 3.63) is 51.9 Å². The Morgan fingerprint density at radius 3 is 3.09 bits per heavy atom. The molecule has 0 radical (unpaired) electrons. The van der Waals surface area contributed by atoms with Gasteiger partial charge in [0.1, 0.15) is 6.17 Å². The summed E-state index contributed by atoms with van der Waals surface area (Å²) >= 11 is 8.07. The molecule has 2 aromatic rings. The number of hydrogen-bond donors (Lipinski definition) is 2. The maximum atomic E-state index is 6.36. The Bertz CT molecular complexity index is 834. The SMILES string of the molecule is CC1C(Cl)=CC=CC1c1cccc2sc3c(c12)NC=NC3N. The van der Waals surface area contributed by atoms with Crippen molar-refractivity contribution >= 4 is 45.0 Å². The lowest BCUT2D eigenvalue weighted by atomic mass is 9.82. The van der Waals surface area contributed by atoms with Crippen LogP contribution in [0.15, 0.2) is 46.5 Å². The third-order valence-electron chi connectivity index (χ3n) is 4.39. The minimum absolute atomic E-state index is 0.274. The number of rotatable bonds is 1. The highest BCUT2D eigenvalue weighted by atomic mass is 35.5. The lowest BCUT2D eigenvalue weighted by molar-refractivity contribution is 0.627. The fraction of sp³-hybridized carbons (Fsp3) is 0.235. The quantitative estimate of drug-likeness (QED) is 0.795. The number of nitrogens with one attached hydrogen (secondary N) is 1. The van der Waals surface area contributed by atoms with Crippen molar-refractivity contribution in [3.8, 4) is 0 Å². The van der Waals surface area contributed by atoms with Gasteiger partial charge in [-0.25, -0.2) is 0 Å². The molecule has 4 rings (SSSR count). The summed E-state index contributed by atoms with van der Waals surface area (Å²) in [4.78, 5) is 5.34. The number of nitrogens with zero attached hydrogens (tertiary/aromatic N) is 1. The van der Waals surface area contributed by atoms with Crippen molar-refractivity contribution in [3.63, 3.8) is 0 Å². The summed E-state index contributed by atoms with van der Waals surface area (Å²) < 4.78 is 1.24. The molecule has 1 aromatic heterocycles. The molecule has 2 aliphatic rings. The van der Waals surface area contributed by atoms with Crippen LogP contribution in [-0.4, -0.2) is 6.34 Å². The van der Waals surface area contributed by atoms with Gasteiger partial charge in [0.05, 0.1) is 16.9 Å². The highest BCUT2D eigenvalue weighted by Crippen LogP contribution is 2.46. The van der Waals surface area contributed by atoms with Crippen LogP contribution in [0.2, 0.25) is 0 Å². The van der Waals surface area contributed by atoms with Crippen LogP contribution in [0.4, 0.5) is 5.69 Å². The summed E-state index contributed by atoms with van der Waals surface area (Å²) in [6.07, 6.45) is 7.68. The molecule has 1 aliphatic heterocycles. The summed E-state index contributed by atoms with van der Waals surface area (Å²) in [6.45, 7) is 2.17. The molecule has 0 amide bonds. The average Bonchev–Trinajstić information content (AvgIpc) is 2.90. The molecule has 112 valence electrons.